The van der Waals surface area contributed by atoms with Gasteiger partial charge >= 0.3 is 5.97 Å². The van der Waals surface area contributed by atoms with Crippen LogP contribution in [0.3, 0.4) is 0 Å². The predicted molar refractivity (Wildman–Crippen MR) is 75.7 cm³/mol. The second-order valence-electron chi connectivity index (χ2n) is 7.04. The van der Waals surface area contributed by atoms with Crippen LogP contribution in [0.1, 0.15) is 39.5 Å². The average Bonchev–Trinajstić information content (AvgIpc) is 2.55. The van der Waals surface area contributed by atoms with Crippen LogP contribution in [-0.4, -0.2) is 59.4 Å². The summed E-state index contributed by atoms with van der Waals surface area (Å²) in [5.74, 6) is -1.38. The quantitative estimate of drug-likeness (QED) is 0.739. The molecule has 6 heteroatoms. The van der Waals surface area contributed by atoms with Gasteiger partial charge < -0.3 is 19.8 Å². The molecule has 0 aromatic carbocycles. The molecule has 120 valence electrons. The van der Waals surface area contributed by atoms with E-state index in [1.165, 1.54) is 0 Å². The number of carboxylic acid groups (broad SMARTS) is 1. The lowest BCUT2D eigenvalue weighted by atomic mass is 9.78. The Morgan fingerprint density at radius 2 is 1.86 bits per heavy atom. The van der Waals surface area contributed by atoms with Crippen LogP contribution in [0.25, 0.3) is 0 Å². The van der Waals surface area contributed by atoms with Gasteiger partial charge in [-0.2, -0.15) is 0 Å². The highest BCUT2D eigenvalue weighted by Crippen LogP contribution is 2.36. The summed E-state index contributed by atoms with van der Waals surface area (Å²) in [5, 5.41) is 19.5. The van der Waals surface area contributed by atoms with Crippen LogP contribution in [0.4, 0.5) is 0 Å². The van der Waals surface area contributed by atoms with Gasteiger partial charge in [-0.15, -0.1) is 0 Å². The molecule has 0 aliphatic carbocycles. The van der Waals surface area contributed by atoms with E-state index in [1.54, 1.807) is 4.90 Å². The number of aliphatic hydroxyl groups excluding tert-OH is 1. The zero-order chi connectivity index (χ0) is 15.7. The van der Waals surface area contributed by atoms with Crippen molar-refractivity contribution in [3.8, 4) is 0 Å². The summed E-state index contributed by atoms with van der Waals surface area (Å²) in [4.78, 5) is 26.2. The van der Waals surface area contributed by atoms with Gasteiger partial charge in [0, 0.05) is 26.3 Å². The lowest BCUT2D eigenvalue weighted by Gasteiger charge is -2.38. The van der Waals surface area contributed by atoms with Gasteiger partial charge in [-0.05, 0) is 31.1 Å². The molecule has 0 spiro atoms. The van der Waals surface area contributed by atoms with Crippen LogP contribution in [0.5, 0.6) is 0 Å². The topological polar surface area (TPSA) is 87.1 Å². The van der Waals surface area contributed by atoms with Crippen molar-refractivity contribution in [1.82, 2.24) is 4.90 Å². The Morgan fingerprint density at radius 1 is 1.24 bits per heavy atom. The first-order valence-corrected chi connectivity index (χ1v) is 7.55. The Hall–Kier alpha value is -1.14. The van der Waals surface area contributed by atoms with Crippen LogP contribution in [0, 0.1) is 10.8 Å². The summed E-state index contributed by atoms with van der Waals surface area (Å²) in [5.41, 5.74) is -1.57. The van der Waals surface area contributed by atoms with Crippen LogP contribution in [0.2, 0.25) is 0 Å². The maximum absolute atomic E-state index is 12.9. The van der Waals surface area contributed by atoms with Gasteiger partial charge in [-0.3, -0.25) is 9.59 Å². The SMILES string of the molecule is CC1(C)CC(O)CCN(C(=O)C2(C(=O)O)CCOCC2)C1. The number of likely N-dealkylation sites (tertiary alicyclic amines) is 1. The van der Waals surface area contributed by atoms with E-state index < -0.39 is 17.5 Å². The van der Waals surface area contributed by atoms with Gasteiger partial charge in [-0.25, -0.2) is 0 Å². The number of carbonyl (C=O) groups is 2. The van der Waals surface area contributed by atoms with Crippen LogP contribution >= 0.6 is 0 Å². The molecular formula is C15H25NO5. The summed E-state index contributed by atoms with van der Waals surface area (Å²) in [6, 6.07) is 0. The molecule has 0 saturated carbocycles. The Labute approximate surface area is 125 Å². The molecule has 2 rings (SSSR count). The van der Waals surface area contributed by atoms with E-state index in [0.29, 0.717) is 39.1 Å². The van der Waals surface area contributed by atoms with Crippen molar-refractivity contribution in [2.24, 2.45) is 10.8 Å². The molecule has 2 N–H and O–H groups in total. The summed E-state index contributed by atoms with van der Waals surface area (Å²) in [7, 11) is 0. The first-order chi connectivity index (χ1) is 9.77. The van der Waals surface area contributed by atoms with E-state index >= 15 is 0 Å². The second kappa shape index (κ2) is 5.93. The molecule has 0 aromatic rings. The predicted octanol–water partition coefficient (Wildman–Crippen LogP) is 0.877. The molecule has 1 unspecified atom stereocenters. The molecule has 2 aliphatic heterocycles. The molecule has 6 nitrogen and oxygen atoms in total. The van der Waals surface area contributed by atoms with Gasteiger partial charge in [0.2, 0.25) is 5.91 Å². The molecule has 21 heavy (non-hydrogen) atoms. The summed E-state index contributed by atoms with van der Waals surface area (Å²) in [6.45, 7) is 5.51. The maximum atomic E-state index is 12.9. The molecule has 2 saturated heterocycles. The highest BCUT2D eigenvalue weighted by Gasteiger charge is 2.50. The highest BCUT2D eigenvalue weighted by atomic mass is 16.5. The number of aliphatic hydroxyl groups is 1. The van der Waals surface area contributed by atoms with Crippen molar-refractivity contribution >= 4 is 11.9 Å². The summed E-state index contributed by atoms with van der Waals surface area (Å²) >= 11 is 0. The number of ether oxygens (including phenoxy) is 1. The Morgan fingerprint density at radius 3 is 2.43 bits per heavy atom. The average molecular weight is 299 g/mol. The third kappa shape index (κ3) is 3.37. The van der Waals surface area contributed by atoms with E-state index in [9.17, 15) is 19.8 Å². The van der Waals surface area contributed by atoms with E-state index in [1.807, 2.05) is 13.8 Å². The van der Waals surface area contributed by atoms with Crippen LogP contribution in [0.15, 0.2) is 0 Å². The molecule has 1 atom stereocenters. The van der Waals surface area contributed by atoms with Crippen LogP contribution in [-0.2, 0) is 14.3 Å². The smallest absolute Gasteiger partial charge is 0.319 e. The van der Waals surface area contributed by atoms with Crippen molar-refractivity contribution < 1.29 is 24.5 Å². The van der Waals surface area contributed by atoms with E-state index in [4.69, 9.17) is 4.74 Å². The number of hydrogen-bond donors (Lipinski definition) is 2. The first-order valence-electron chi connectivity index (χ1n) is 7.55. The third-order valence-corrected chi connectivity index (χ3v) is 4.59. The third-order valence-electron chi connectivity index (χ3n) is 4.59. The number of amides is 1. The van der Waals surface area contributed by atoms with E-state index in [-0.39, 0.29) is 24.2 Å². The number of aliphatic carboxylic acids is 1. The Bertz CT molecular complexity index is 414. The largest absolute Gasteiger partial charge is 0.480 e. The zero-order valence-electron chi connectivity index (χ0n) is 12.8. The van der Waals surface area contributed by atoms with Crippen molar-refractivity contribution in [2.45, 2.75) is 45.6 Å². The Kier molecular flexibility index (Phi) is 4.58. The Balaban J connectivity index is 2.22. The highest BCUT2D eigenvalue weighted by molar-refractivity contribution is 6.02. The van der Waals surface area contributed by atoms with Crippen molar-refractivity contribution in [3.05, 3.63) is 0 Å². The molecule has 1 amide bonds. The monoisotopic (exact) mass is 299 g/mol. The standard InChI is InChI=1S/C15H25NO5/c1-14(2)9-11(17)3-6-16(10-14)12(18)15(13(19)20)4-7-21-8-5-15/h11,17H,3-10H2,1-2H3,(H,19,20). The minimum atomic E-state index is -1.36. The number of carboxylic acids is 1. The van der Waals surface area contributed by atoms with Crippen molar-refractivity contribution in [1.29, 1.82) is 0 Å². The van der Waals surface area contributed by atoms with Gasteiger partial charge in [0.25, 0.3) is 0 Å². The molecule has 0 bridgehead atoms. The number of rotatable bonds is 2. The van der Waals surface area contributed by atoms with Crippen LogP contribution < -0.4 is 0 Å². The lowest BCUT2D eigenvalue weighted by molar-refractivity contribution is -0.168. The second-order valence-corrected chi connectivity index (χ2v) is 7.04. The zero-order valence-corrected chi connectivity index (χ0v) is 12.8. The fourth-order valence-corrected chi connectivity index (χ4v) is 3.42. The fraction of sp³-hybridized carbons (Fsp3) is 0.867. The molecule has 2 fully saturated rings. The minimum Gasteiger partial charge on any atom is -0.480 e. The maximum Gasteiger partial charge on any atom is 0.319 e. The summed E-state index contributed by atoms with van der Waals surface area (Å²) in [6.07, 6.45) is 1.14. The van der Waals surface area contributed by atoms with Gasteiger partial charge in [0.05, 0.1) is 6.10 Å². The van der Waals surface area contributed by atoms with Crippen molar-refractivity contribution in [3.63, 3.8) is 0 Å². The normalized spacial score (nSPS) is 28.7. The van der Waals surface area contributed by atoms with Gasteiger partial charge in [0.1, 0.15) is 0 Å². The molecule has 2 aliphatic rings. The lowest BCUT2D eigenvalue weighted by Crippen LogP contribution is -2.53. The fourth-order valence-electron chi connectivity index (χ4n) is 3.42. The molecule has 2 heterocycles. The van der Waals surface area contributed by atoms with E-state index in [2.05, 4.69) is 0 Å². The first kappa shape index (κ1) is 16.2. The molecule has 0 radical (unpaired) electrons. The number of nitrogens with zero attached hydrogens (tertiary/aromatic N) is 1. The summed E-state index contributed by atoms with van der Waals surface area (Å²) < 4.78 is 5.22. The number of carbonyl (C=O) groups excluding carboxylic acids is 1. The van der Waals surface area contributed by atoms with Gasteiger partial charge in [0.15, 0.2) is 5.41 Å². The number of hydrogen-bond acceptors (Lipinski definition) is 4. The molecule has 0 aromatic heterocycles. The van der Waals surface area contributed by atoms with Crippen molar-refractivity contribution in [2.75, 3.05) is 26.3 Å². The minimum absolute atomic E-state index is 0.212. The van der Waals surface area contributed by atoms with E-state index in [0.717, 1.165) is 0 Å². The van der Waals surface area contributed by atoms with Gasteiger partial charge in [-0.1, -0.05) is 13.8 Å². The molecular weight excluding hydrogens is 274 g/mol.